The lowest BCUT2D eigenvalue weighted by molar-refractivity contribution is -0.597. The third-order valence-electron chi connectivity index (χ3n) is 6.07. The molecule has 0 N–H and O–H groups in total. The number of halogens is 16. The Kier molecular flexibility index (Phi) is 9.94. The maximum Gasteiger partial charge on any atom is 0.460 e. The summed E-state index contributed by atoms with van der Waals surface area (Å²) in [5, 5.41) is 10.9. The van der Waals surface area contributed by atoms with Crippen molar-refractivity contribution in [1.29, 1.82) is 0 Å². The van der Waals surface area contributed by atoms with Crippen LogP contribution in [0.3, 0.4) is 0 Å². The summed E-state index contributed by atoms with van der Waals surface area (Å²) in [6.07, 6.45) is -7.71. The van der Waals surface area contributed by atoms with Crippen LogP contribution in [0.2, 0.25) is 0 Å². The van der Waals surface area contributed by atoms with Crippen LogP contribution in [0, 0.1) is 7.14 Å². The number of carbonyl (C=O) groups excluding carboxylic acids is 1. The molecule has 1 heterocycles. The molecule has 0 spiro atoms. The molecule has 0 aliphatic carbocycles. The number of hydrogen-bond donors (Lipinski definition) is 0. The molecular weight excluding hydrogens is 800 g/mol. The first kappa shape index (κ1) is 37.7. The van der Waals surface area contributed by atoms with Crippen LogP contribution in [0.5, 0.6) is 0 Å². The molecule has 0 unspecified atom stereocenters. The first-order chi connectivity index (χ1) is 21.3. The highest BCUT2D eigenvalue weighted by Crippen LogP contribution is 2.62. The summed E-state index contributed by atoms with van der Waals surface area (Å²) in [6, 6.07) is 23.8. The lowest BCUT2D eigenvalue weighted by Crippen LogP contribution is -3.61. The maximum absolute atomic E-state index is 12.8. The van der Waals surface area contributed by atoms with Gasteiger partial charge in [0, 0.05) is 6.07 Å². The first-order valence-corrected chi connectivity index (χ1v) is 14.1. The number of aliphatic carboxylic acids is 1. The second-order valence-corrected chi connectivity index (χ2v) is 12.2. The normalized spacial score (nSPS) is 13.8. The molecule has 0 fully saturated rings. The molecule has 0 bridgehead atoms. The van der Waals surface area contributed by atoms with E-state index < -0.39 is 47.7 Å². The Morgan fingerprint density at radius 3 is 1.55 bits per heavy atom. The fourth-order valence-corrected chi connectivity index (χ4v) is 5.85. The van der Waals surface area contributed by atoms with Gasteiger partial charge in [0.2, 0.25) is 5.43 Å². The highest BCUT2D eigenvalue weighted by molar-refractivity contribution is 5.89. The topological polar surface area (TPSA) is 70.3 Å². The van der Waals surface area contributed by atoms with E-state index in [4.69, 9.17) is 4.42 Å². The largest absolute Gasteiger partial charge is 0.544 e. The van der Waals surface area contributed by atoms with E-state index in [2.05, 4.69) is 30.3 Å². The molecule has 0 saturated carbocycles. The Morgan fingerprint density at radius 2 is 1.02 bits per heavy atom. The van der Waals surface area contributed by atoms with Crippen molar-refractivity contribution in [1.82, 2.24) is 0 Å². The summed E-state index contributed by atoms with van der Waals surface area (Å²) in [7, 11) is 0. The molecule has 256 valence electrons. The van der Waals surface area contributed by atoms with Gasteiger partial charge in [0.25, 0.3) is 0 Å². The zero-order valence-corrected chi connectivity index (χ0v) is 24.3. The van der Waals surface area contributed by atoms with Crippen molar-refractivity contribution >= 4 is 27.9 Å². The maximum atomic E-state index is 12.8. The summed E-state index contributed by atoms with van der Waals surface area (Å²) >= 11 is -0.284. The van der Waals surface area contributed by atoms with Gasteiger partial charge in [-0.2, -0.15) is 65.9 Å². The lowest BCUT2D eigenvalue weighted by atomic mass is 9.91. The Labute approximate surface area is 261 Å². The fourth-order valence-electron chi connectivity index (χ4n) is 3.53. The molecule has 0 aliphatic rings. The highest BCUT2D eigenvalue weighted by Gasteiger charge is 2.93. The molecule has 0 radical (unpaired) electrons. The minimum atomic E-state index is -8.50. The Balaban J connectivity index is 0.000000256. The molecule has 0 atom stereocenters. The van der Waals surface area contributed by atoms with E-state index in [-0.39, 0.29) is 26.6 Å². The number of carboxylic acid groups (broad SMARTS) is 1. The average molecular weight is 812 g/mol. The van der Waals surface area contributed by atoms with Crippen molar-refractivity contribution < 1.29 is 101 Å². The van der Waals surface area contributed by atoms with E-state index in [1.165, 1.54) is 7.14 Å². The van der Waals surface area contributed by atoms with Gasteiger partial charge in [-0.15, -0.1) is 0 Å². The number of carboxylic acids is 1. The third kappa shape index (κ3) is 6.31. The molecular formula is C27H12F15IO4. The van der Waals surface area contributed by atoms with Gasteiger partial charge < -0.3 is 14.3 Å². The van der Waals surface area contributed by atoms with Gasteiger partial charge >= 0.3 is 62.9 Å². The zero-order chi connectivity index (χ0) is 36.0. The molecule has 20 heteroatoms. The molecule has 0 saturated heterocycles. The molecule has 3 aromatic carbocycles. The van der Waals surface area contributed by atoms with Crippen molar-refractivity contribution in [3.05, 3.63) is 90.2 Å². The van der Waals surface area contributed by atoms with Crippen molar-refractivity contribution in [3.63, 3.8) is 0 Å². The minimum absolute atomic E-state index is 0.0516. The minimum Gasteiger partial charge on any atom is -0.544 e. The van der Waals surface area contributed by atoms with Crippen LogP contribution >= 0.6 is 0 Å². The van der Waals surface area contributed by atoms with Gasteiger partial charge in [0.1, 0.15) is 17.1 Å². The summed E-state index contributed by atoms with van der Waals surface area (Å²) in [5.74, 6) is -53.3. The van der Waals surface area contributed by atoms with Gasteiger partial charge in [-0.1, -0.05) is 30.3 Å². The van der Waals surface area contributed by atoms with Crippen LogP contribution in [0.15, 0.2) is 82.0 Å². The van der Waals surface area contributed by atoms with Crippen LogP contribution < -0.4 is 31.7 Å². The van der Waals surface area contributed by atoms with E-state index in [1.807, 2.05) is 42.5 Å². The van der Waals surface area contributed by atoms with Crippen LogP contribution in [-0.4, -0.2) is 47.7 Å². The van der Waals surface area contributed by atoms with Gasteiger partial charge in [0.15, 0.2) is 7.14 Å². The lowest BCUT2D eigenvalue weighted by Gasteiger charge is -2.41. The number of hydrogen-bond acceptors (Lipinski definition) is 4. The zero-order valence-electron chi connectivity index (χ0n) is 22.1. The molecule has 0 amide bonds. The van der Waals surface area contributed by atoms with Gasteiger partial charge in [-0.05, 0) is 36.4 Å². The van der Waals surface area contributed by atoms with E-state index in [9.17, 15) is 80.6 Å². The number of fused-ring (bicyclic) bond motifs is 2. The Morgan fingerprint density at radius 1 is 0.553 bits per heavy atom. The molecule has 1 aromatic heterocycles. The van der Waals surface area contributed by atoms with Crippen LogP contribution in [0.1, 0.15) is 0 Å². The molecule has 4 nitrogen and oxygen atoms in total. The van der Waals surface area contributed by atoms with Crippen molar-refractivity contribution in [2.75, 3.05) is 0 Å². The third-order valence-corrected chi connectivity index (χ3v) is 8.71. The highest BCUT2D eigenvalue weighted by atomic mass is 127. The number of benzene rings is 3. The van der Waals surface area contributed by atoms with Gasteiger partial charge in [-0.25, -0.2) is 0 Å². The van der Waals surface area contributed by atoms with Crippen molar-refractivity contribution in [2.24, 2.45) is 0 Å². The number of carbonyl (C=O) groups is 1. The second kappa shape index (κ2) is 12.4. The Hall–Kier alpha value is -3.72. The fraction of sp³-hybridized carbons (Fsp3) is 0.259. The quantitative estimate of drug-likeness (QED) is 0.152. The number of rotatable bonds is 8. The standard InChI is InChI=1S/C19H12IO2.C8HF15O2/c21-19-15-8-4-5-9-17(15)22-18-11-10-14(12-16(18)19)20-13-6-2-1-3-7-13;9-2(10,1(24)25)3(11,12)4(13,14)5(15,16)6(17,18)7(19,20)8(21,22)23/h1-12H;(H,24,25)/q+1;/p-1. The number of alkyl halides is 15. The van der Waals surface area contributed by atoms with E-state index in [0.717, 1.165) is 0 Å². The number of para-hydroxylation sites is 1. The summed E-state index contributed by atoms with van der Waals surface area (Å²) < 4.78 is 195. The predicted molar refractivity (Wildman–Crippen MR) is 125 cm³/mol. The van der Waals surface area contributed by atoms with E-state index in [1.54, 1.807) is 0 Å². The molecule has 0 aliphatic heterocycles. The molecule has 4 aromatic rings. The predicted octanol–water partition coefficient (Wildman–Crippen LogP) is 4.19. The van der Waals surface area contributed by atoms with E-state index >= 15 is 0 Å². The average Bonchev–Trinajstić information content (AvgIpc) is 2.97. The van der Waals surface area contributed by atoms with Crippen molar-refractivity contribution in [3.8, 4) is 0 Å². The Bertz CT molecular complexity index is 1820. The van der Waals surface area contributed by atoms with Crippen molar-refractivity contribution in [2.45, 2.75) is 41.7 Å². The molecule has 4 rings (SSSR count). The van der Waals surface area contributed by atoms with Crippen LogP contribution in [0.4, 0.5) is 65.9 Å². The summed E-state index contributed by atoms with van der Waals surface area (Å²) in [6.45, 7) is 0. The summed E-state index contributed by atoms with van der Waals surface area (Å²) in [5.41, 5.74) is 1.35. The summed E-state index contributed by atoms with van der Waals surface area (Å²) in [4.78, 5) is 22.3. The van der Waals surface area contributed by atoms with Crippen LogP contribution in [-0.2, 0) is 4.79 Å². The monoisotopic (exact) mass is 812 g/mol. The second-order valence-electron chi connectivity index (χ2n) is 9.19. The smallest absolute Gasteiger partial charge is 0.460 e. The van der Waals surface area contributed by atoms with E-state index in [0.29, 0.717) is 21.9 Å². The molecule has 47 heavy (non-hydrogen) atoms. The van der Waals surface area contributed by atoms with Crippen LogP contribution in [0.25, 0.3) is 21.9 Å². The first-order valence-electron chi connectivity index (χ1n) is 12.0. The van der Waals surface area contributed by atoms with Gasteiger partial charge in [0.05, 0.1) is 10.8 Å². The van der Waals surface area contributed by atoms with Gasteiger partial charge in [-0.3, -0.25) is 4.79 Å². The SMILES string of the molecule is O=C([O-])C(F)(F)C(F)(F)C(F)(F)C(F)(F)C(F)(F)C(F)(F)C(F)(F)F.O=c1c2ccccc2oc2ccc([I+]c3ccccc3)cc12.